The first kappa shape index (κ1) is 12.9. The second kappa shape index (κ2) is 4.75. The van der Waals surface area contributed by atoms with E-state index in [-0.39, 0.29) is 5.82 Å². The lowest BCUT2D eigenvalue weighted by Gasteiger charge is -2.30. The zero-order valence-electron chi connectivity index (χ0n) is 11.4. The van der Waals surface area contributed by atoms with E-state index in [1.165, 1.54) is 25.7 Å². The number of rotatable bonds is 1. The predicted molar refractivity (Wildman–Crippen MR) is 78.5 cm³/mol. The van der Waals surface area contributed by atoms with Gasteiger partial charge in [-0.3, -0.25) is 0 Å². The van der Waals surface area contributed by atoms with Gasteiger partial charge in [-0.1, -0.05) is 19.8 Å². The van der Waals surface area contributed by atoms with Crippen molar-refractivity contribution in [1.82, 2.24) is 9.55 Å². The zero-order valence-corrected chi connectivity index (χ0v) is 12.2. The molecule has 19 heavy (non-hydrogen) atoms. The van der Waals surface area contributed by atoms with E-state index >= 15 is 0 Å². The summed E-state index contributed by atoms with van der Waals surface area (Å²) in [6, 6.07) is 3.92. The molecule has 0 radical (unpaired) electrons. The lowest BCUT2D eigenvalue weighted by Crippen LogP contribution is -2.21. The maximum atomic E-state index is 13.6. The summed E-state index contributed by atoms with van der Waals surface area (Å²) in [5, 5.41) is 0. The summed E-state index contributed by atoms with van der Waals surface area (Å²) < 4.78 is 16.6. The quantitative estimate of drug-likeness (QED) is 0.736. The minimum absolute atomic E-state index is 0.174. The van der Waals surface area contributed by atoms with E-state index in [0.29, 0.717) is 17.5 Å². The largest absolute Gasteiger partial charge is 0.330 e. The van der Waals surface area contributed by atoms with Crippen LogP contribution in [-0.4, -0.2) is 9.55 Å². The van der Waals surface area contributed by atoms with Crippen LogP contribution in [0.25, 0.3) is 11.0 Å². The summed E-state index contributed by atoms with van der Waals surface area (Å²) >= 11 is 5.46. The number of aromatic amines is 1. The topological polar surface area (TPSA) is 20.7 Å². The first-order chi connectivity index (χ1) is 9.08. The Morgan fingerprint density at radius 3 is 2.79 bits per heavy atom. The van der Waals surface area contributed by atoms with Crippen molar-refractivity contribution in [2.45, 2.75) is 45.6 Å². The Bertz CT molecular complexity index is 671. The van der Waals surface area contributed by atoms with Crippen LogP contribution in [0, 0.1) is 23.4 Å². The number of aromatic nitrogens is 2. The first-order valence-electron chi connectivity index (χ1n) is 6.98. The van der Waals surface area contributed by atoms with E-state index in [4.69, 9.17) is 12.2 Å². The third kappa shape index (κ3) is 2.12. The van der Waals surface area contributed by atoms with Gasteiger partial charge in [0.05, 0.1) is 11.0 Å². The second-order valence-corrected chi connectivity index (χ2v) is 6.13. The van der Waals surface area contributed by atoms with Crippen molar-refractivity contribution < 1.29 is 4.39 Å². The SMILES string of the molecule is Cc1cc2c(cc1F)[nH]c(=S)n2C1CCCCC1C. The van der Waals surface area contributed by atoms with Crippen LogP contribution in [0.4, 0.5) is 4.39 Å². The van der Waals surface area contributed by atoms with Crippen molar-refractivity contribution in [2.24, 2.45) is 5.92 Å². The Balaban J connectivity index is 2.19. The van der Waals surface area contributed by atoms with E-state index in [1.54, 1.807) is 13.0 Å². The summed E-state index contributed by atoms with van der Waals surface area (Å²) in [4.78, 5) is 3.15. The highest BCUT2D eigenvalue weighted by atomic mass is 32.1. The van der Waals surface area contributed by atoms with E-state index in [1.807, 2.05) is 6.07 Å². The minimum Gasteiger partial charge on any atom is -0.330 e. The van der Waals surface area contributed by atoms with Gasteiger partial charge in [0, 0.05) is 6.04 Å². The number of aryl methyl sites for hydroxylation is 1. The zero-order chi connectivity index (χ0) is 13.6. The molecule has 102 valence electrons. The number of nitrogens with zero attached hydrogens (tertiary/aromatic N) is 1. The van der Waals surface area contributed by atoms with Crippen LogP contribution < -0.4 is 0 Å². The summed E-state index contributed by atoms with van der Waals surface area (Å²) in [7, 11) is 0. The molecule has 0 bridgehead atoms. The molecule has 0 amide bonds. The van der Waals surface area contributed by atoms with Gasteiger partial charge in [-0.15, -0.1) is 0 Å². The molecule has 1 aliphatic rings. The molecule has 1 aromatic carbocycles. The molecule has 4 heteroatoms. The lowest BCUT2D eigenvalue weighted by atomic mass is 9.85. The Labute approximate surface area is 117 Å². The van der Waals surface area contributed by atoms with Crippen LogP contribution in [0.1, 0.15) is 44.2 Å². The molecular formula is C15H19FN2S. The number of hydrogen-bond acceptors (Lipinski definition) is 1. The van der Waals surface area contributed by atoms with Crippen molar-refractivity contribution in [2.75, 3.05) is 0 Å². The fraction of sp³-hybridized carbons (Fsp3) is 0.533. The van der Waals surface area contributed by atoms with Crippen LogP contribution in [0.3, 0.4) is 0 Å². The van der Waals surface area contributed by atoms with Gasteiger partial charge < -0.3 is 9.55 Å². The molecule has 2 unspecified atom stereocenters. The lowest BCUT2D eigenvalue weighted by molar-refractivity contribution is 0.260. The Hall–Kier alpha value is -1.16. The Morgan fingerprint density at radius 1 is 1.32 bits per heavy atom. The second-order valence-electron chi connectivity index (χ2n) is 5.75. The van der Waals surface area contributed by atoms with Gasteiger partial charge in [0.25, 0.3) is 0 Å². The smallest absolute Gasteiger partial charge is 0.178 e. The third-order valence-corrected chi connectivity index (χ3v) is 4.69. The van der Waals surface area contributed by atoms with Gasteiger partial charge in [-0.05, 0) is 55.6 Å². The highest BCUT2D eigenvalue weighted by Gasteiger charge is 2.25. The number of imidazole rings is 1. The number of nitrogens with one attached hydrogen (secondary N) is 1. The molecule has 0 aliphatic heterocycles. The molecule has 0 spiro atoms. The van der Waals surface area contributed by atoms with Crippen molar-refractivity contribution >= 4 is 23.3 Å². The summed E-state index contributed by atoms with van der Waals surface area (Å²) in [6.07, 6.45) is 4.97. The molecule has 1 saturated carbocycles. The molecule has 1 fully saturated rings. The number of hydrogen-bond donors (Lipinski definition) is 1. The van der Waals surface area contributed by atoms with Gasteiger partial charge in [0.2, 0.25) is 0 Å². The van der Waals surface area contributed by atoms with Crippen LogP contribution in [-0.2, 0) is 0 Å². The fourth-order valence-corrected chi connectivity index (χ4v) is 3.60. The number of halogens is 1. The van der Waals surface area contributed by atoms with E-state index in [0.717, 1.165) is 15.8 Å². The molecule has 2 atom stereocenters. The molecule has 0 saturated heterocycles. The van der Waals surface area contributed by atoms with Gasteiger partial charge in [0.1, 0.15) is 5.82 Å². The molecule has 1 heterocycles. The van der Waals surface area contributed by atoms with Crippen LogP contribution in [0.5, 0.6) is 0 Å². The van der Waals surface area contributed by atoms with E-state index < -0.39 is 0 Å². The number of benzene rings is 1. The highest BCUT2D eigenvalue weighted by molar-refractivity contribution is 7.71. The third-order valence-electron chi connectivity index (χ3n) is 4.39. The van der Waals surface area contributed by atoms with Gasteiger partial charge in [0.15, 0.2) is 4.77 Å². The molecule has 2 nitrogen and oxygen atoms in total. The van der Waals surface area contributed by atoms with Crippen molar-refractivity contribution in [3.8, 4) is 0 Å². The van der Waals surface area contributed by atoms with Gasteiger partial charge in [-0.2, -0.15) is 0 Å². The molecule has 2 aromatic rings. The average molecular weight is 278 g/mol. The van der Waals surface area contributed by atoms with Crippen LogP contribution in [0.2, 0.25) is 0 Å². The van der Waals surface area contributed by atoms with Gasteiger partial charge in [-0.25, -0.2) is 4.39 Å². The van der Waals surface area contributed by atoms with Crippen molar-refractivity contribution in [3.05, 3.63) is 28.3 Å². The highest BCUT2D eigenvalue weighted by Crippen LogP contribution is 2.36. The summed E-state index contributed by atoms with van der Waals surface area (Å²) in [6.45, 7) is 4.10. The van der Waals surface area contributed by atoms with Crippen LogP contribution in [0.15, 0.2) is 12.1 Å². The maximum Gasteiger partial charge on any atom is 0.178 e. The first-order valence-corrected chi connectivity index (χ1v) is 7.39. The standard InChI is InChI=1S/C15H19FN2S/c1-9-5-3-4-6-13(9)18-14-7-10(2)11(16)8-12(14)17-15(18)19/h7-9,13H,3-6H2,1-2H3,(H,17,19). The molecular weight excluding hydrogens is 259 g/mol. The predicted octanol–water partition coefficient (Wildman–Crippen LogP) is 4.90. The monoisotopic (exact) mass is 278 g/mol. The van der Waals surface area contributed by atoms with E-state index in [9.17, 15) is 4.39 Å². The normalized spacial score (nSPS) is 23.9. The number of H-pyrrole nitrogens is 1. The Kier molecular flexibility index (Phi) is 3.21. The minimum atomic E-state index is -0.174. The van der Waals surface area contributed by atoms with Crippen molar-refractivity contribution in [1.29, 1.82) is 0 Å². The molecule has 3 rings (SSSR count). The van der Waals surface area contributed by atoms with E-state index in [2.05, 4.69) is 16.5 Å². The van der Waals surface area contributed by atoms with Gasteiger partial charge >= 0.3 is 0 Å². The molecule has 1 N–H and O–H groups in total. The molecule has 1 aliphatic carbocycles. The summed E-state index contributed by atoms with van der Waals surface area (Å²) in [5.74, 6) is 0.456. The van der Waals surface area contributed by atoms with Crippen molar-refractivity contribution in [3.63, 3.8) is 0 Å². The number of fused-ring (bicyclic) bond motifs is 1. The van der Waals surface area contributed by atoms with Crippen LogP contribution >= 0.6 is 12.2 Å². The molecule has 1 aromatic heterocycles. The Morgan fingerprint density at radius 2 is 2.05 bits per heavy atom. The summed E-state index contributed by atoms with van der Waals surface area (Å²) in [5.41, 5.74) is 2.53. The maximum absolute atomic E-state index is 13.6. The average Bonchev–Trinajstić information content (AvgIpc) is 2.66. The fourth-order valence-electron chi connectivity index (χ4n) is 3.26.